The Morgan fingerprint density at radius 2 is 2.04 bits per heavy atom. The molecule has 0 bridgehead atoms. The number of rotatable bonds is 8. The van der Waals surface area contributed by atoms with Gasteiger partial charge in [0.2, 0.25) is 10.0 Å². The summed E-state index contributed by atoms with van der Waals surface area (Å²) in [7, 11) is -3.66. The Balaban J connectivity index is 1.75. The molecule has 1 aromatic carbocycles. The van der Waals surface area contributed by atoms with E-state index in [2.05, 4.69) is 9.82 Å². The second kappa shape index (κ2) is 7.54. The van der Waals surface area contributed by atoms with Crippen LogP contribution in [0, 0.1) is 0 Å². The second-order valence-electron chi connectivity index (χ2n) is 5.27. The molecule has 2 aromatic heterocycles. The monoisotopic (exact) mass is 361 g/mol. The second-order valence-corrected chi connectivity index (χ2v) is 7.04. The van der Waals surface area contributed by atoms with Crippen LogP contribution in [-0.4, -0.2) is 31.3 Å². The van der Waals surface area contributed by atoms with E-state index >= 15 is 0 Å². The first-order chi connectivity index (χ1) is 12.1. The maximum absolute atomic E-state index is 12.5. The van der Waals surface area contributed by atoms with Crippen molar-refractivity contribution in [2.75, 3.05) is 13.2 Å². The molecule has 132 valence electrons. The third kappa shape index (κ3) is 4.09. The van der Waals surface area contributed by atoms with Crippen LogP contribution in [0.4, 0.5) is 0 Å². The maximum atomic E-state index is 12.5. The SMILES string of the molecule is CCOc1ccc(S(=O)(=O)NCC(c2ccco2)n2cccn2)cc1. The molecule has 7 nitrogen and oxygen atoms in total. The molecule has 1 atom stereocenters. The summed E-state index contributed by atoms with van der Waals surface area (Å²) < 4.78 is 40.1. The van der Waals surface area contributed by atoms with Crippen molar-refractivity contribution in [3.63, 3.8) is 0 Å². The lowest BCUT2D eigenvalue weighted by Gasteiger charge is -2.16. The number of furan rings is 1. The fourth-order valence-corrected chi connectivity index (χ4v) is 3.46. The van der Waals surface area contributed by atoms with Gasteiger partial charge in [-0.2, -0.15) is 5.10 Å². The molecule has 0 amide bonds. The number of aromatic nitrogens is 2. The standard InChI is InChI=1S/C17H19N3O4S/c1-2-23-14-6-8-15(9-7-14)25(21,22)19-13-16(17-5-3-12-24-17)20-11-4-10-18-20/h3-12,16,19H,2,13H2,1H3. The maximum Gasteiger partial charge on any atom is 0.240 e. The molecule has 0 saturated carbocycles. The Bertz CT molecular complexity index is 838. The number of nitrogens with one attached hydrogen (secondary N) is 1. The van der Waals surface area contributed by atoms with Crippen molar-refractivity contribution >= 4 is 10.0 Å². The van der Waals surface area contributed by atoms with E-state index in [1.807, 2.05) is 6.92 Å². The van der Waals surface area contributed by atoms with Gasteiger partial charge in [0.05, 0.1) is 17.8 Å². The Kier molecular flexibility index (Phi) is 5.20. The predicted octanol–water partition coefficient (Wildman–Crippen LogP) is 2.44. The lowest BCUT2D eigenvalue weighted by Crippen LogP contribution is -2.31. The summed E-state index contributed by atoms with van der Waals surface area (Å²) in [5.41, 5.74) is 0. The zero-order chi connectivity index (χ0) is 17.7. The molecule has 1 N–H and O–H groups in total. The molecule has 0 aliphatic rings. The van der Waals surface area contributed by atoms with Gasteiger partial charge in [0.1, 0.15) is 17.6 Å². The minimum atomic E-state index is -3.66. The number of nitrogens with zero attached hydrogens (tertiary/aromatic N) is 2. The number of ether oxygens (including phenoxy) is 1. The van der Waals surface area contributed by atoms with Gasteiger partial charge in [-0.15, -0.1) is 0 Å². The normalized spacial score (nSPS) is 12.8. The van der Waals surface area contributed by atoms with E-state index in [1.165, 1.54) is 12.1 Å². The molecule has 2 heterocycles. The average Bonchev–Trinajstić information content (AvgIpc) is 3.30. The largest absolute Gasteiger partial charge is 0.494 e. The first-order valence-electron chi connectivity index (χ1n) is 7.85. The molecule has 25 heavy (non-hydrogen) atoms. The summed E-state index contributed by atoms with van der Waals surface area (Å²) in [6.07, 6.45) is 4.95. The van der Waals surface area contributed by atoms with E-state index in [0.29, 0.717) is 18.1 Å². The minimum absolute atomic E-state index is 0.116. The molecular weight excluding hydrogens is 342 g/mol. The Labute approximate surface area is 146 Å². The van der Waals surface area contributed by atoms with Crippen LogP contribution < -0.4 is 9.46 Å². The molecule has 0 spiro atoms. The van der Waals surface area contributed by atoms with Crippen LogP contribution in [-0.2, 0) is 10.0 Å². The lowest BCUT2D eigenvalue weighted by atomic mass is 10.2. The van der Waals surface area contributed by atoms with Gasteiger partial charge in [0.15, 0.2) is 0 Å². The number of hydrogen-bond donors (Lipinski definition) is 1. The van der Waals surface area contributed by atoms with Crippen LogP contribution in [0.1, 0.15) is 18.7 Å². The molecule has 0 saturated heterocycles. The molecule has 3 rings (SSSR count). The van der Waals surface area contributed by atoms with Crippen molar-refractivity contribution in [2.45, 2.75) is 17.9 Å². The van der Waals surface area contributed by atoms with Crippen molar-refractivity contribution in [1.29, 1.82) is 0 Å². The van der Waals surface area contributed by atoms with E-state index in [0.717, 1.165) is 0 Å². The zero-order valence-corrected chi connectivity index (χ0v) is 14.5. The molecule has 0 aliphatic heterocycles. The Hall–Kier alpha value is -2.58. The smallest absolute Gasteiger partial charge is 0.240 e. The third-order valence-corrected chi connectivity index (χ3v) is 5.07. The fraction of sp³-hybridized carbons (Fsp3) is 0.235. The molecule has 0 radical (unpaired) electrons. The molecule has 0 aliphatic carbocycles. The third-order valence-electron chi connectivity index (χ3n) is 3.63. The number of benzene rings is 1. The van der Waals surface area contributed by atoms with Gasteiger partial charge in [-0.25, -0.2) is 13.1 Å². The first-order valence-corrected chi connectivity index (χ1v) is 9.33. The summed E-state index contributed by atoms with van der Waals surface area (Å²) in [4.78, 5) is 0.176. The minimum Gasteiger partial charge on any atom is -0.494 e. The van der Waals surface area contributed by atoms with E-state index in [9.17, 15) is 8.42 Å². The van der Waals surface area contributed by atoms with Gasteiger partial charge in [0.25, 0.3) is 0 Å². The van der Waals surface area contributed by atoms with Crippen molar-refractivity contribution < 1.29 is 17.6 Å². The summed E-state index contributed by atoms with van der Waals surface area (Å²) in [6.45, 7) is 2.51. The van der Waals surface area contributed by atoms with Crippen LogP contribution in [0.25, 0.3) is 0 Å². The highest BCUT2D eigenvalue weighted by Crippen LogP contribution is 2.19. The van der Waals surface area contributed by atoms with Crippen LogP contribution in [0.3, 0.4) is 0 Å². The summed E-state index contributed by atoms with van der Waals surface area (Å²) in [5.74, 6) is 1.25. The summed E-state index contributed by atoms with van der Waals surface area (Å²) in [5, 5.41) is 4.18. The average molecular weight is 361 g/mol. The van der Waals surface area contributed by atoms with E-state index in [4.69, 9.17) is 9.15 Å². The van der Waals surface area contributed by atoms with Gasteiger partial charge in [-0.1, -0.05) is 0 Å². The predicted molar refractivity (Wildman–Crippen MR) is 91.9 cm³/mol. The van der Waals surface area contributed by atoms with Gasteiger partial charge < -0.3 is 9.15 Å². The zero-order valence-electron chi connectivity index (χ0n) is 13.7. The van der Waals surface area contributed by atoms with Gasteiger partial charge >= 0.3 is 0 Å². The van der Waals surface area contributed by atoms with E-state index in [1.54, 1.807) is 53.7 Å². The van der Waals surface area contributed by atoms with Crippen molar-refractivity contribution in [1.82, 2.24) is 14.5 Å². The van der Waals surface area contributed by atoms with E-state index in [-0.39, 0.29) is 17.5 Å². The van der Waals surface area contributed by atoms with E-state index < -0.39 is 10.0 Å². The molecular formula is C17H19N3O4S. The van der Waals surface area contributed by atoms with Crippen LogP contribution in [0.5, 0.6) is 5.75 Å². The highest BCUT2D eigenvalue weighted by molar-refractivity contribution is 7.89. The Morgan fingerprint density at radius 3 is 2.64 bits per heavy atom. The molecule has 1 unspecified atom stereocenters. The summed E-state index contributed by atoms with van der Waals surface area (Å²) in [6, 6.07) is 11.3. The van der Waals surface area contributed by atoms with Crippen LogP contribution in [0.15, 0.2) is 70.4 Å². The fourth-order valence-electron chi connectivity index (χ4n) is 2.42. The topological polar surface area (TPSA) is 86.4 Å². The number of hydrogen-bond acceptors (Lipinski definition) is 5. The van der Waals surface area contributed by atoms with Gasteiger partial charge in [-0.3, -0.25) is 4.68 Å². The number of sulfonamides is 1. The lowest BCUT2D eigenvalue weighted by molar-refractivity contribution is 0.340. The quantitative estimate of drug-likeness (QED) is 0.666. The van der Waals surface area contributed by atoms with Gasteiger partial charge in [0, 0.05) is 18.9 Å². The first kappa shape index (κ1) is 17.2. The van der Waals surface area contributed by atoms with Crippen LogP contribution >= 0.6 is 0 Å². The summed E-state index contributed by atoms with van der Waals surface area (Å²) >= 11 is 0. The highest BCUT2D eigenvalue weighted by atomic mass is 32.2. The van der Waals surface area contributed by atoms with Crippen LogP contribution in [0.2, 0.25) is 0 Å². The molecule has 3 aromatic rings. The van der Waals surface area contributed by atoms with Crippen molar-refractivity contribution in [2.24, 2.45) is 0 Å². The Morgan fingerprint density at radius 1 is 1.24 bits per heavy atom. The highest BCUT2D eigenvalue weighted by Gasteiger charge is 2.21. The van der Waals surface area contributed by atoms with Crippen molar-refractivity contribution in [3.8, 4) is 5.75 Å². The molecule has 8 heteroatoms. The molecule has 0 fully saturated rings. The van der Waals surface area contributed by atoms with Gasteiger partial charge in [-0.05, 0) is 49.4 Å². The van der Waals surface area contributed by atoms with Crippen molar-refractivity contribution in [3.05, 3.63) is 66.9 Å².